The molecule has 9 heavy (non-hydrogen) atoms. The van der Waals surface area contributed by atoms with E-state index in [1.165, 1.54) is 0 Å². The Hall–Kier alpha value is -0.200. The number of nitriles is 1. The standard InChI is InChI=1S/C6H9NOS/c1-6(3-7)4-9-2-5(6)8/h5,8H,2,4H2,1H3/t5-,6-/m0/s1. The molecule has 0 aromatic carbocycles. The molecule has 1 heterocycles. The number of hydrogen-bond acceptors (Lipinski definition) is 3. The van der Waals surface area contributed by atoms with E-state index in [1.807, 2.05) is 0 Å². The van der Waals surface area contributed by atoms with Crippen molar-refractivity contribution in [2.24, 2.45) is 5.41 Å². The summed E-state index contributed by atoms with van der Waals surface area (Å²) < 4.78 is 0. The van der Waals surface area contributed by atoms with Gasteiger partial charge in [-0.2, -0.15) is 17.0 Å². The molecule has 2 nitrogen and oxygen atoms in total. The van der Waals surface area contributed by atoms with Crippen LogP contribution in [0.15, 0.2) is 0 Å². The number of rotatable bonds is 0. The highest BCUT2D eigenvalue weighted by molar-refractivity contribution is 7.99. The highest BCUT2D eigenvalue weighted by atomic mass is 32.2. The number of thioether (sulfide) groups is 1. The third kappa shape index (κ3) is 1.05. The molecule has 0 radical (unpaired) electrons. The molecule has 1 aliphatic rings. The van der Waals surface area contributed by atoms with Crippen molar-refractivity contribution in [1.82, 2.24) is 0 Å². The van der Waals surface area contributed by atoms with E-state index in [2.05, 4.69) is 6.07 Å². The Morgan fingerprint density at radius 2 is 2.56 bits per heavy atom. The van der Waals surface area contributed by atoms with Crippen LogP contribution in [0.2, 0.25) is 0 Å². The summed E-state index contributed by atoms with van der Waals surface area (Å²) in [5.41, 5.74) is -0.481. The van der Waals surface area contributed by atoms with Crippen LogP contribution in [0.3, 0.4) is 0 Å². The maximum Gasteiger partial charge on any atom is 0.0902 e. The van der Waals surface area contributed by atoms with Crippen LogP contribution in [-0.2, 0) is 0 Å². The lowest BCUT2D eigenvalue weighted by atomic mass is 9.90. The lowest BCUT2D eigenvalue weighted by Gasteiger charge is -2.16. The lowest BCUT2D eigenvalue weighted by molar-refractivity contribution is 0.120. The molecule has 1 rings (SSSR count). The highest BCUT2D eigenvalue weighted by Crippen LogP contribution is 2.34. The summed E-state index contributed by atoms with van der Waals surface area (Å²) in [4.78, 5) is 0. The number of aliphatic hydroxyl groups excluding tert-OH is 1. The second-order valence-electron chi connectivity index (χ2n) is 2.56. The van der Waals surface area contributed by atoms with Gasteiger partial charge in [0.05, 0.1) is 17.6 Å². The summed E-state index contributed by atoms with van der Waals surface area (Å²) >= 11 is 1.64. The predicted molar refractivity (Wildman–Crippen MR) is 37.1 cm³/mol. The van der Waals surface area contributed by atoms with Gasteiger partial charge in [-0.25, -0.2) is 0 Å². The minimum atomic E-state index is -0.481. The number of aliphatic hydroxyl groups is 1. The fraction of sp³-hybridized carbons (Fsp3) is 0.833. The molecule has 0 saturated carbocycles. The van der Waals surface area contributed by atoms with Crippen LogP contribution in [-0.4, -0.2) is 22.7 Å². The molecule has 0 amide bonds. The zero-order chi connectivity index (χ0) is 6.91. The average Bonchev–Trinajstić information content (AvgIpc) is 2.15. The Kier molecular flexibility index (Phi) is 1.69. The first-order valence-corrected chi connectivity index (χ1v) is 4.01. The monoisotopic (exact) mass is 143 g/mol. The zero-order valence-electron chi connectivity index (χ0n) is 5.29. The summed E-state index contributed by atoms with van der Waals surface area (Å²) in [6.07, 6.45) is -0.424. The van der Waals surface area contributed by atoms with E-state index < -0.39 is 11.5 Å². The van der Waals surface area contributed by atoms with Crippen molar-refractivity contribution in [3.05, 3.63) is 0 Å². The Morgan fingerprint density at radius 1 is 1.89 bits per heavy atom. The van der Waals surface area contributed by atoms with Crippen molar-refractivity contribution in [1.29, 1.82) is 5.26 Å². The van der Waals surface area contributed by atoms with E-state index in [4.69, 9.17) is 5.26 Å². The van der Waals surface area contributed by atoms with E-state index >= 15 is 0 Å². The van der Waals surface area contributed by atoms with Gasteiger partial charge in [-0.3, -0.25) is 0 Å². The Bertz CT molecular complexity index is 154. The van der Waals surface area contributed by atoms with E-state index in [1.54, 1.807) is 18.7 Å². The van der Waals surface area contributed by atoms with Crippen molar-refractivity contribution in [2.45, 2.75) is 13.0 Å². The van der Waals surface area contributed by atoms with Crippen molar-refractivity contribution >= 4 is 11.8 Å². The molecule has 2 atom stereocenters. The molecule has 0 aromatic rings. The molecule has 0 aromatic heterocycles. The maximum atomic E-state index is 9.20. The normalized spacial score (nSPS) is 42.6. The molecule has 50 valence electrons. The second kappa shape index (κ2) is 2.20. The molecular formula is C6H9NOS. The number of hydrogen-bond donors (Lipinski definition) is 1. The third-order valence-corrected chi connectivity index (χ3v) is 3.02. The van der Waals surface area contributed by atoms with Gasteiger partial charge in [-0.1, -0.05) is 0 Å². The fourth-order valence-electron chi connectivity index (χ4n) is 0.769. The predicted octanol–water partition coefficient (Wildman–Crippen LogP) is 0.624. The minimum Gasteiger partial charge on any atom is -0.391 e. The molecule has 3 heteroatoms. The Balaban J connectivity index is 2.70. The van der Waals surface area contributed by atoms with Gasteiger partial charge in [0.2, 0.25) is 0 Å². The van der Waals surface area contributed by atoms with Gasteiger partial charge in [-0.05, 0) is 6.92 Å². The lowest BCUT2D eigenvalue weighted by Crippen LogP contribution is -2.28. The summed E-state index contributed by atoms with van der Waals surface area (Å²) in [5, 5.41) is 17.8. The molecular weight excluding hydrogens is 134 g/mol. The summed E-state index contributed by atoms with van der Waals surface area (Å²) in [6, 6.07) is 2.12. The average molecular weight is 143 g/mol. The van der Waals surface area contributed by atoms with Crippen LogP contribution in [0.4, 0.5) is 0 Å². The van der Waals surface area contributed by atoms with Crippen LogP contribution in [0.1, 0.15) is 6.92 Å². The van der Waals surface area contributed by atoms with E-state index in [-0.39, 0.29) is 0 Å². The largest absolute Gasteiger partial charge is 0.391 e. The van der Waals surface area contributed by atoms with Gasteiger partial charge < -0.3 is 5.11 Å². The first-order chi connectivity index (χ1) is 4.19. The maximum absolute atomic E-state index is 9.20. The Labute approximate surface area is 58.9 Å². The molecule has 1 N–H and O–H groups in total. The van der Waals surface area contributed by atoms with Gasteiger partial charge in [0, 0.05) is 11.5 Å². The number of nitrogens with zero attached hydrogens (tertiary/aromatic N) is 1. The van der Waals surface area contributed by atoms with Crippen LogP contribution >= 0.6 is 11.8 Å². The van der Waals surface area contributed by atoms with E-state index in [0.717, 1.165) is 5.75 Å². The molecule has 1 saturated heterocycles. The second-order valence-corrected chi connectivity index (χ2v) is 3.59. The van der Waals surface area contributed by atoms with Gasteiger partial charge in [0.15, 0.2) is 0 Å². The Morgan fingerprint density at radius 3 is 2.78 bits per heavy atom. The quantitative estimate of drug-likeness (QED) is 0.540. The third-order valence-electron chi connectivity index (χ3n) is 1.67. The molecule has 0 aliphatic carbocycles. The summed E-state index contributed by atoms with van der Waals surface area (Å²) in [6.45, 7) is 1.80. The van der Waals surface area contributed by atoms with E-state index in [0.29, 0.717) is 5.75 Å². The van der Waals surface area contributed by atoms with E-state index in [9.17, 15) is 5.11 Å². The van der Waals surface area contributed by atoms with Gasteiger partial charge in [0.25, 0.3) is 0 Å². The fourth-order valence-corrected chi connectivity index (χ4v) is 2.16. The minimum absolute atomic E-state index is 0.424. The highest BCUT2D eigenvalue weighted by Gasteiger charge is 2.38. The first kappa shape index (κ1) is 6.91. The van der Waals surface area contributed by atoms with Crippen LogP contribution in [0.25, 0.3) is 0 Å². The van der Waals surface area contributed by atoms with Gasteiger partial charge in [-0.15, -0.1) is 0 Å². The smallest absolute Gasteiger partial charge is 0.0902 e. The van der Waals surface area contributed by atoms with Crippen molar-refractivity contribution in [3.8, 4) is 6.07 Å². The van der Waals surface area contributed by atoms with Crippen LogP contribution < -0.4 is 0 Å². The topological polar surface area (TPSA) is 44.0 Å². The van der Waals surface area contributed by atoms with Crippen LogP contribution in [0.5, 0.6) is 0 Å². The van der Waals surface area contributed by atoms with Crippen molar-refractivity contribution < 1.29 is 5.11 Å². The zero-order valence-corrected chi connectivity index (χ0v) is 6.11. The first-order valence-electron chi connectivity index (χ1n) is 2.86. The van der Waals surface area contributed by atoms with Crippen LogP contribution in [0, 0.1) is 16.7 Å². The molecule has 1 aliphatic heterocycles. The molecule has 0 unspecified atom stereocenters. The van der Waals surface area contributed by atoms with Crippen molar-refractivity contribution in [3.63, 3.8) is 0 Å². The molecule has 0 bridgehead atoms. The molecule has 1 fully saturated rings. The van der Waals surface area contributed by atoms with Crippen molar-refractivity contribution in [2.75, 3.05) is 11.5 Å². The summed E-state index contributed by atoms with van der Waals surface area (Å²) in [7, 11) is 0. The van der Waals surface area contributed by atoms with Gasteiger partial charge in [0.1, 0.15) is 0 Å². The SMILES string of the molecule is C[C@]1(C#N)CSC[C@@H]1O. The van der Waals surface area contributed by atoms with Gasteiger partial charge >= 0.3 is 0 Å². The molecule has 0 spiro atoms. The summed E-state index contributed by atoms with van der Waals surface area (Å²) in [5.74, 6) is 1.48.